The van der Waals surface area contributed by atoms with Crippen LogP contribution < -0.4 is 0 Å². The molecule has 0 aliphatic rings. The second-order valence-corrected chi connectivity index (χ2v) is 2.63. The highest BCUT2D eigenvalue weighted by Gasteiger charge is 2.01. The van der Waals surface area contributed by atoms with Crippen molar-refractivity contribution in [3.63, 3.8) is 0 Å². The summed E-state index contributed by atoms with van der Waals surface area (Å²) in [7, 11) is 5.47. The summed E-state index contributed by atoms with van der Waals surface area (Å²) in [5.41, 5.74) is 3.79. The molecule has 2 radical (unpaired) electrons. The van der Waals surface area contributed by atoms with Crippen molar-refractivity contribution >= 4 is 7.85 Å². The molecular weight excluding hydrogens is 135 g/mol. The van der Waals surface area contributed by atoms with E-state index < -0.39 is 0 Å². The molecule has 0 spiro atoms. The maximum Gasteiger partial charge on any atom is 0.0738 e. The highest BCUT2D eigenvalue weighted by Crippen LogP contribution is 2.05. The molecule has 0 saturated heterocycles. The molecule has 0 aromatic carbocycles. The van der Waals surface area contributed by atoms with Crippen molar-refractivity contribution in [3.8, 4) is 0 Å². The molecule has 0 amide bonds. The Morgan fingerprint density at radius 1 is 1.00 bits per heavy atom. The van der Waals surface area contributed by atoms with E-state index in [0.717, 1.165) is 22.8 Å². The van der Waals surface area contributed by atoms with E-state index in [4.69, 9.17) is 7.85 Å². The molecule has 0 unspecified atom stereocenters. The molecule has 0 bridgehead atoms. The average Bonchev–Trinajstić information content (AvgIpc) is 1.97. The average molecular weight is 146 g/mol. The van der Waals surface area contributed by atoms with Crippen LogP contribution in [0.3, 0.4) is 0 Å². The molecule has 2 nitrogen and oxygen atoms in total. The molecule has 3 heteroatoms. The van der Waals surface area contributed by atoms with Crippen molar-refractivity contribution < 1.29 is 0 Å². The van der Waals surface area contributed by atoms with Gasteiger partial charge in [0.05, 0.1) is 30.6 Å². The fourth-order valence-corrected chi connectivity index (χ4v) is 0.955. The molecule has 0 aliphatic heterocycles. The normalized spacial score (nSPS) is 10.1. The lowest BCUT2D eigenvalue weighted by Crippen LogP contribution is -2.02. The third-order valence-electron chi connectivity index (χ3n) is 1.77. The predicted molar refractivity (Wildman–Crippen MR) is 45.7 cm³/mol. The summed E-state index contributed by atoms with van der Waals surface area (Å²) in [6, 6.07) is 0. The lowest BCUT2D eigenvalue weighted by molar-refractivity contribution is 0.948. The van der Waals surface area contributed by atoms with Gasteiger partial charge in [0.1, 0.15) is 0 Å². The first-order chi connectivity index (χ1) is 5.15. The van der Waals surface area contributed by atoms with Gasteiger partial charge in [-0.05, 0) is 27.1 Å². The fourth-order valence-electron chi connectivity index (χ4n) is 0.955. The van der Waals surface area contributed by atoms with Gasteiger partial charge in [-0.25, -0.2) is 0 Å². The topological polar surface area (TPSA) is 25.8 Å². The first kappa shape index (κ1) is 8.24. The zero-order valence-corrected chi connectivity index (χ0v) is 7.18. The number of rotatable bonds is 1. The van der Waals surface area contributed by atoms with Crippen LogP contribution in [-0.2, 0) is 6.32 Å². The monoisotopic (exact) mass is 146 g/mol. The second kappa shape index (κ2) is 3.03. The van der Waals surface area contributed by atoms with Gasteiger partial charge in [-0.3, -0.25) is 9.97 Å². The lowest BCUT2D eigenvalue weighted by Gasteiger charge is -2.04. The Morgan fingerprint density at radius 3 is 2.09 bits per heavy atom. The minimum Gasteiger partial charge on any atom is -0.255 e. The fraction of sp³-hybridized carbons (Fsp3) is 0.500. The molecule has 0 fully saturated rings. The van der Waals surface area contributed by atoms with E-state index >= 15 is 0 Å². The molecule has 11 heavy (non-hydrogen) atoms. The maximum atomic E-state index is 5.47. The van der Waals surface area contributed by atoms with E-state index in [0.29, 0.717) is 6.32 Å². The first-order valence-electron chi connectivity index (χ1n) is 3.66. The molecule has 0 atom stereocenters. The SMILES string of the molecule is [B]Cc1nc(C)c(C)nc1C. The number of hydrogen-bond donors (Lipinski definition) is 0. The largest absolute Gasteiger partial charge is 0.255 e. The van der Waals surface area contributed by atoms with Crippen LogP contribution in [0.2, 0.25) is 0 Å². The van der Waals surface area contributed by atoms with Crippen LogP contribution in [0.1, 0.15) is 22.8 Å². The summed E-state index contributed by atoms with van der Waals surface area (Å²) in [5, 5.41) is 0. The van der Waals surface area contributed by atoms with Crippen LogP contribution >= 0.6 is 0 Å². The number of aromatic nitrogens is 2. The van der Waals surface area contributed by atoms with E-state index in [1.165, 1.54) is 0 Å². The second-order valence-electron chi connectivity index (χ2n) is 2.63. The summed E-state index contributed by atoms with van der Waals surface area (Å²) >= 11 is 0. The third kappa shape index (κ3) is 1.59. The number of hydrogen-bond acceptors (Lipinski definition) is 2. The Bertz CT molecular complexity index is 271. The summed E-state index contributed by atoms with van der Waals surface area (Å²) in [6.07, 6.45) is 0.472. The minimum absolute atomic E-state index is 0.472. The molecule has 0 saturated carbocycles. The molecule has 0 N–H and O–H groups in total. The zero-order chi connectivity index (χ0) is 8.43. The van der Waals surface area contributed by atoms with Crippen LogP contribution in [-0.4, -0.2) is 17.8 Å². The van der Waals surface area contributed by atoms with Gasteiger partial charge in [0.25, 0.3) is 0 Å². The molecule has 0 aliphatic carbocycles. The number of aryl methyl sites for hydroxylation is 3. The highest BCUT2D eigenvalue weighted by atomic mass is 14.8. The van der Waals surface area contributed by atoms with Gasteiger partial charge < -0.3 is 0 Å². The molecule has 1 rings (SSSR count). The van der Waals surface area contributed by atoms with Crippen molar-refractivity contribution in [2.24, 2.45) is 0 Å². The molecular formula is C8H11BN2. The van der Waals surface area contributed by atoms with Crippen LogP contribution in [0.5, 0.6) is 0 Å². The summed E-state index contributed by atoms with van der Waals surface area (Å²) in [5.74, 6) is 0. The number of nitrogens with zero attached hydrogens (tertiary/aromatic N) is 2. The standard InChI is InChI=1S/C8H11BN2/c1-5-6(2)11-8(4-9)7(3)10-5/h4H2,1-3H3. The quantitative estimate of drug-likeness (QED) is 0.553. The van der Waals surface area contributed by atoms with Crippen molar-refractivity contribution in [2.75, 3.05) is 0 Å². The van der Waals surface area contributed by atoms with Crippen molar-refractivity contribution in [3.05, 3.63) is 22.8 Å². The van der Waals surface area contributed by atoms with E-state index in [9.17, 15) is 0 Å². The van der Waals surface area contributed by atoms with E-state index in [1.54, 1.807) is 0 Å². The highest BCUT2D eigenvalue weighted by molar-refractivity contribution is 6.08. The van der Waals surface area contributed by atoms with Gasteiger partial charge in [-0.1, -0.05) is 0 Å². The van der Waals surface area contributed by atoms with Crippen molar-refractivity contribution in [1.82, 2.24) is 9.97 Å². The Labute approximate surface area is 68.5 Å². The first-order valence-corrected chi connectivity index (χ1v) is 3.66. The Kier molecular flexibility index (Phi) is 2.27. The Morgan fingerprint density at radius 2 is 1.55 bits per heavy atom. The van der Waals surface area contributed by atoms with Gasteiger partial charge in [-0.15, -0.1) is 0 Å². The van der Waals surface area contributed by atoms with Crippen LogP contribution in [0.25, 0.3) is 0 Å². The maximum absolute atomic E-state index is 5.47. The third-order valence-corrected chi connectivity index (χ3v) is 1.77. The predicted octanol–water partition coefficient (Wildman–Crippen LogP) is 1.07. The van der Waals surface area contributed by atoms with E-state index in [-0.39, 0.29) is 0 Å². The van der Waals surface area contributed by atoms with Gasteiger partial charge >= 0.3 is 0 Å². The molecule has 1 aromatic rings. The van der Waals surface area contributed by atoms with Crippen LogP contribution in [0, 0.1) is 20.8 Å². The van der Waals surface area contributed by atoms with Crippen molar-refractivity contribution in [1.29, 1.82) is 0 Å². The minimum atomic E-state index is 0.472. The van der Waals surface area contributed by atoms with E-state index in [2.05, 4.69) is 9.97 Å². The molecule has 1 heterocycles. The van der Waals surface area contributed by atoms with Crippen LogP contribution in [0.4, 0.5) is 0 Å². The van der Waals surface area contributed by atoms with Crippen molar-refractivity contribution in [2.45, 2.75) is 27.1 Å². The Balaban J connectivity index is 3.21. The Hall–Kier alpha value is -0.855. The van der Waals surface area contributed by atoms with E-state index in [1.807, 2.05) is 20.8 Å². The van der Waals surface area contributed by atoms with Gasteiger partial charge in [0, 0.05) is 0 Å². The summed E-state index contributed by atoms with van der Waals surface area (Å²) in [4.78, 5) is 8.60. The summed E-state index contributed by atoms with van der Waals surface area (Å²) in [6.45, 7) is 5.83. The molecule has 56 valence electrons. The van der Waals surface area contributed by atoms with Gasteiger partial charge in [0.15, 0.2) is 0 Å². The summed E-state index contributed by atoms with van der Waals surface area (Å²) < 4.78 is 0. The molecule has 1 aromatic heterocycles. The van der Waals surface area contributed by atoms with Gasteiger partial charge in [0.2, 0.25) is 0 Å². The lowest BCUT2D eigenvalue weighted by atomic mass is 10.0. The zero-order valence-electron chi connectivity index (χ0n) is 7.18. The smallest absolute Gasteiger partial charge is 0.0738 e. The van der Waals surface area contributed by atoms with Crippen LogP contribution in [0.15, 0.2) is 0 Å². The van der Waals surface area contributed by atoms with Gasteiger partial charge in [-0.2, -0.15) is 0 Å².